The molecular weight excluding hydrogens is 358 g/mol. The predicted molar refractivity (Wildman–Crippen MR) is 109 cm³/mol. The number of benzene rings is 1. The van der Waals surface area contributed by atoms with Crippen LogP contribution >= 0.6 is 11.3 Å². The first kappa shape index (κ1) is 19.0. The number of thiazole rings is 1. The molecular formula is C21H23N3O2S. The number of carbonyl (C=O) groups excluding carboxylic acids is 1. The van der Waals surface area contributed by atoms with Crippen molar-refractivity contribution in [1.82, 2.24) is 4.98 Å². The molecule has 140 valence electrons. The molecule has 1 N–H and O–H groups in total. The van der Waals surface area contributed by atoms with Gasteiger partial charge in [-0.2, -0.15) is 4.73 Å². The molecule has 2 heterocycles. The summed E-state index contributed by atoms with van der Waals surface area (Å²) >= 11 is 1.47. The van der Waals surface area contributed by atoms with Crippen LogP contribution in [0.15, 0.2) is 54.3 Å². The Balaban J connectivity index is 1.60. The molecule has 0 spiro atoms. The summed E-state index contributed by atoms with van der Waals surface area (Å²) in [7, 11) is 0. The number of Topliss-reactive ketones (excluding diaryl/α,β-unsaturated/α-hetero) is 1. The molecule has 0 amide bonds. The van der Waals surface area contributed by atoms with Gasteiger partial charge >= 0.3 is 0 Å². The Bertz CT molecular complexity index is 910. The minimum Gasteiger partial charge on any atom is -0.619 e. The van der Waals surface area contributed by atoms with Gasteiger partial charge in [-0.1, -0.05) is 45.0 Å². The number of anilines is 1. The molecule has 0 aliphatic carbocycles. The molecule has 3 aromatic rings. The molecule has 5 nitrogen and oxygen atoms in total. The maximum absolute atomic E-state index is 12.4. The van der Waals surface area contributed by atoms with E-state index in [1.165, 1.54) is 29.3 Å². The zero-order chi connectivity index (χ0) is 19.4. The standard InChI is InChI=1S/C21H23N3O2S/c1-21(2,3)17-6-4-15(5-7-17)12-18(25)13-22-20-19(27-14-23-20)16-8-10-24(26)11-9-16/h4-11,14,22H,12-13H2,1-3H3. The molecule has 0 atom stereocenters. The first-order chi connectivity index (χ1) is 12.8. The first-order valence-electron chi connectivity index (χ1n) is 8.80. The number of pyridine rings is 1. The summed E-state index contributed by atoms with van der Waals surface area (Å²) in [5, 5.41) is 14.3. The number of hydrogen-bond acceptors (Lipinski definition) is 5. The average Bonchev–Trinajstić information content (AvgIpc) is 3.09. The molecule has 1 aromatic carbocycles. The molecule has 0 aliphatic heterocycles. The van der Waals surface area contributed by atoms with Gasteiger partial charge in [0.1, 0.15) is 5.82 Å². The van der Waals surface area contributed by atoms with Gasteiger partial charge in [0.05, 0.1) is 16.9 Å². The third-order valence-corrected chi connectivity index (χ3v) is 5.18. The molecule has 0 bridgehead atoms. The Morgan fingerprint density at radius 3 is 2.44 bits per heavy atom. The van der Waals surface area contributed by atoms with Crippen LogP contribution in [0.5, 0.6) is 0 Å². The fourth-order valence-corrected chi connectivity index (χ4v) is 3.51. The minimum atomic E-state index is 0.0999. The van der Waals surface area contributed by atoms with E-state index >= 15 is 0 Å². The van der Waals surface area contributed by atoms with E-state index in [2.05, 4.69) is 43.2 Å². The lowest BCUT2D eigenvalue weighted by Gasteiger charge is -2.19. The second kappa shape index (κ2) is 7.88. The highest BCUT2D eigenvalue weighted by molar-refractivity contribution is 7.13. The summed E-state index contributed by atoms with van der Waals surface area (Å²) in [5.74, 6) is 0.767. The van der Waals surface area contributed by atoms with Crippen LogP contribution in [0.3, 0.4) is 0 Å². The molecule has 0 aliphatic rings. The van der Waals surface area contributed by atoms with Crippen molar-refractivity contribution in [3.05, 3.63) is 70.6 Å². The second-order valence-corrected chi connectivity index (χ2v) is 8.35. The van der Waals surface area contributed by atoms with Crippen molar-refractivity contribution in [1.29, 1.82) is 0 Å². The van der Waals surface area contributed by atoms with E-state index in [9.17, 15) is 10.0 Å². The van der Waals surface area contributed by atoms with Crippen molar-refractivity contribution in [3.8, 4) is 10.4 Å². The third kappa shape index (κ3) is 4.92. The van der Waals surface area contributed by atoms with E-state index in [4.69, 9.17) is 0 Å². The third-order valence-electron chi connectivity index (χ3n) is 4.31. The zero-order valence-electron chi connectivity index (χ0n) is 15.7. The van der Waals surface area contributed by atoms with E-state index in [-0.39, 0.29) is 17.7 Å². The lowest BCUT2D eigenvalue weighted by Crippen LogP contribution is -2.23. The summed E-state index contributed by atoms with van der Waals surface area (Å²) in [4.78, 5) is 17.6. The van der Waals surface area contributed by atoms with E-state index in [1.54, 1.807) is 17.6 Å². The predicted octanol–water partition coefficient (Wildman–Crippen LogP) is 3.96. The summed E-state index contributed by atoms with van der Waals surface area (Å²) in [6.45, 7) is 6.73. The number of carbonyl (C=O) groups is 1. The maximum atomic E-state index is 12.4. The van der Waals surface area contributed by atoms with Crippen LogP contribution in [0, 0.1) is 5.21 Å². The van der Waals surface area contributed by atoms with Gasteiger partial charge in [0.15, 0.2) is 18.2 Å². The van der Waals surface area contributed by atoms with Crippen LogP contribution in [-0.4, -0.2) is 17.3 Å². The van der Waals surface area contributed by atoms with E-state index < -0.39 is 0 Å². The maximum Gasteiger partial charge on any atom is 0.180 e. The number of hydrogen-bond donors (Lipinski definition) is 1. The molecule has 0 unspecified atom stereocenters. The van der Waals surface area contributed by atoms with Crippen LogP contribution in [-0.2, 0) is 16.6 Å². The SMILES string of the molecule is CC(C)(C)c1ccc(CC(=O)CNc2ncsc2-c2cc[n+]([O-])cc2)cc1. The van der Waals surface area contributed by atoms with E-state index in [1.807, 2.05) is 12.1 Å². The Morgan fingerprint density at radius 2 is 1.81 bits per heavy atom. The van der Waals surface area contributed by atoms with E-state index in [0.717, 1.165) is 20.7 Å². The summed E-state index contributed by atoms with van der Waals surface area (Å²) in [6, 6.07) is 11.7. The van der Waals surface area contributed by atoms with Crippen LogP contribution in [0.2, 0.25) is 0 Å². The zero-order valence-corrected chi connectivity index (χ0v) is 16.5. The topological polar surface area (TPSA) is 68.9 Å². The van der Waals surface area contributed by atoms with Crippen LogP contribution in [0.4, 0.5) is 5.82 Å². The number of rotatable bonds is 6. The number of nitrogens with zero attached hydrogens (tertiary/aromatic N) is 2. The lowest BCUT2D eigenvalue weighted by molar-refractivity contribution is -0.605. The van der Waals surface area contributed by atoms with Gasteiger partial charge in [0.2, 0.25) is 0 Å². The van der Waals surface area contributed by atoms with Gasteiger partial charge < -0.3 is 10.5 Å². The number of aromatic nitrogens is 2. The van der Waals surface area contributed by atoms with Crippen molar-refractivity contribution in [2.24, 2.45) is 0 Å². The molecule has 0 saturated heterocycles. The Labute approximate surface area is 163 Å². The van der Waals surface area contributed by atoms with Crippen LogP contribution in [0.25, 0.3) is 10.4 Å². The monoisotopic (exact) mass is 381 g/mol. The lowest BCUT2D eigenvalue weighted by atomic mass is 9.86. The van der Waals surface area contributed by atoms with Crippen molar-refractivity contribution in [2.75, 3.05) is 11.9 Å². The van der Waals surface area contributed by atoms with Crippen molar-refractivity contribution in [2.45, 2.75) is 32.6 Å². The molecule has 27 heavy (non-hydrogen) atoms. The summed E-state index contributed by atoms with van der Waals surface area (Å²) in [6.07, 6.45) is 3.29. The molecule has 3 rings (SSSR count). The average molecular weight is 382 g/mol. The molecule has 2 aromatic heterocycles. The summed E-state index contributed by atoms with van der Waals surface area (Å²) < 4.78 is 0.742. The van der Waals surface area contributed by atoms with Gasteiger partial charge in [-0.15, -0.1) is 11.3 Å². The highest BCUT2D eigenvalue weighted by Crippen LogP contribution is 2.30. The smallest absolute Gasteiger partial charge is 0.180 e. The van der Waals surface area contributed by atoms with Gasteiger partial charge in [-0.3, -0.25) is 4.79 Å². The summed E-state index contributed by atoms with van der Waals surface area (Å²) in [5.41, 5.74) is 5.00. The molecule has 0 radical (unpaired) electrons. The van der Waals surface area contributed by atoms with Crippen molar-refractivity contribution < 1.29 is 9.52 Å². The normalized spacial score (nSPS) is 11.4. The van der Waals surface area contributed by atoms with Crippen LogP contribution in [0.1, 0.15) is 31.9 Å². The fraction of sp³-hybridized carbons (Fsp3) is 0.286. The van der Waals surface area contributed by atoms with Gasteiger partial charge in [-0.05, 0) is 16.5 Å². The van der Waals surface area contributed by atoms with Gasteiger partial charge in [-0.25, -0.2) is 4.98 Å². The van der Waals surface area contributed by atoms with Crippen LogP contribution < -0.4 is 10.0 Å². The quantitative estimate of drug-likeness (QED) is 0.518. The number of ketones is 1. The fourth-order valence-electron chi connectivity index (χ4n) is 2.74. The van der Waals surface area contributed by atoms with Gasteiger partial charge in [0, 0.05) is 24.1 Å². The first-order valence-corrected chi connectivity index (χ1v) is 9.68. The second-order valence-electron chi connectivity index (χ2n) is 7.49. The highest BCUT2D eigenvalue weighted by Gasteiger charge is 2.14. The Morgan fingerprint density at radius 1 is 1.15 bits per heavy atom. The Hall–Kier alpha value is -2.73. The van der Waals surface area contributed by atoms with Crippen molar-refractivity contribution >= 4 is 22.9 Å². The Kier molecular flexibility index (Phi) is 5.56. The number of nitrogens with one attached hydrogen (secondary N) is 1. The highest BCUT2D eigenvalue weighted by atomic mass is 32.1. The molecule has 6 heteroatoms. The van der Waals surface area contributed by atoms with Crippen molar-refractivity contribution in [3.63, 3.8) is 0 Å². The van der Waals surface area contributed by atoms with Gasteiger partial charge in [0.25, 0.3) is 0 Å². The largest absolute Gasteiger partial charge is 0.619 e. The minimum absolute atomic E-state index is 0.0999. The molecule has 0 fully saturated rings. The van der Waals surface area contributed by atoms with E-state index in [0.29, 0.717) is 12.2 Å². The molecule has 0 saturated carbocycles.